The topological polar surface area (TPSA) is 38.5 Å². The fourth-order valence-corrected chi connectivity index (χ4v) is 2.33. The van der Waals surface area contributed by atoms with Crippen LogP contribution in [0.5, 0.6) is 0 Å². The van der Waals surface area contributed by atoms with Crippen LogP contribution in [0.2, 0.25) is 0 Å². The molecule has 0 aromatic heterocycles. The number of piperidine rings is 1. The lowest BCUT2D eigenvalue weighted by atomic mass is 10.0. The molecule has 1 atom stereocenters. The predicted molar refractivity (Wildman–Crippen MR) is 63.9 cm³/mol. The van der Waals surface area contributed by atoms with E-state index in [0.29, 0.717) is 6.10 Å². The van der Waals surface area contributed by atoms with Crippen LogP contribution in [0, 0.1) is 5.92 Å². The molecule has 0 saturated carbocycles. The Morgan fingerprint density at radius 3 is 2.60 bits per heavy atom. The fourth-order valence-electron chi connectivity index (χ4n) is 2.33. The van der Waals surface area contributed by atoms with Crippen molar-refractivity contribution in [3.63, 3.8) is 0 Å². The Labute approximate surface area is 94.0 Å². The highest BCUT2D eigenvalue weighted by molar-refractivity contribution is 4.73. The molecule has 2 N–H and O–H groups in total. The molecule has 0 amide bonds. The van der Waals surface area contributed by atoms with Crippen molar-refractivity contribution in [3.05, 3.63) is 0 Å². The van der Waals surface area contributed by atoms with E-state index in [1.165, 1.54) is 38.9 Å². The summed E-state index contributed by atoms with van der Waals surface area (Å²) >= 11 is 0. The molecule has 0 radical (unpaired) electrons. The minimum Gasteiger partial charge on any atom is -0.381 e. The molecule has 0 spiro atoms. The maximum atomic E-state index is 5.52. The average molecular weight is 214 g/mol. The Kier molecular flexibility index (Phi) is 6.22. The number of methoxy groups -OCH3 is 1. The van der Waals surface area contributed by atoms with Crippen LogP contribution in [0.4, 0.5) is 0 Å². The molecule has 1 aliphatic rings. The SMILES string of the molecule is COC1CCN(CC(C)CCCN)CC1. The summed E-state index contributed by atoms with van der Waals surface area (Å²) in [6.07, 6.45) is 5.32. The molecule has 90 valence electrons. The van der Waals surface area contributed by atoms with Crippen molar-refractivity contribution in [2.75, 3.05) is 33.3 Å². The van der Waals surface area contributed by atoms with E-state index in [1.807, 2.05) is 7.11 Å². The summed E-state index contributed by atoms with van der Waals surface area (Å²) in [5.41, 5.74) is 5.52. The van der Waals surface area contributed by atoms with Gasteiger partial charge in [0.2, 0.25) is 0 Å². The van der Waals surface area contributed by atoms with E-state index in [1.54, 1.807) is 0 Å². The highest BCUT2D eigenvalue weighted by Crippen LogP contribution is 2.15. The predicted octanol–water partition coefficient (Wildman–Crippen LogP) is 1.47. The second kappa shape index (κ2) is 7.20. The first kappa shape index (κ1) is 12.9. The van der Waals surface area contributed by atoms with Gasteiger partial charge < -0.3 is 15.4 Å². The first-order chi connectivity index (χ1) is 7.26. The molecule has 1 unspecified atom stereocenters. The molecule has 15 heavy (non-hydrogen) atoms. The zero-order chi connectivity index (χ0) is 11.1. The van der Waals surface area contributed by atoms with Gasteiger partial charge in [0.25, 0.3) is 0 Å². The van der Waals surface area contributed by atoms with E-state index in [9.17, 15) is 0 Å². The Morgan fingerprint density at radius 1 is 1.40 bits per heavy atom. The van der Waals surface area contributed by atoms with Crippen LogP contribution < -0.4 is 5.73 Å². The molecule has 0 bridgehead atoms. The number of nitrogens with zero attached hydrogens (tertiary/aromatic N) is 1. The van der Waals surface area contributed by atoms with Crippen LogP contribution in [0.1, 0.15) is 32.6 Å². The summed E-state index contributed by atoms with van der Waals surface area (Å²) in [7, 11) is 1.82. The summed E-state index contributed by atoms with van der Waals surface area (Å²) < 4.78 is 5.37. The van der Waals surface area contributed by atoms with E-state index in [0.717, 1.165) is 18.9 Å². The standard InChI is InChI=1S/C12H26N2O/c1-11(4-3-7-13)10-14-8-5-12(15-2)6-9-14/h11-12H,3-10,13H2,1-2H3. The maximum absolute atomic E-state index is 5.52. The van der Waals surface area contributed by atoms with Gasteiger partial charge in [-0.2, -0.15) is 0 Å². The van der Waals surface area contributed by atoms with Crippen molar-refractivity contribution >= 4 is 0 Å². The second-order valence-electron chi connectivity index (χ2n) is 4.77. The van der Waals surface area contributed by atoms with E-state index < -0.39 is 0 Å². The highest BCUT2D eigenvalue weighted by Gasteiger charge is 2.19. The quantitative estimate of drug-likeness (QED) is 0.728. The van der Waals surface area contributed by atoms with Gasteiger partial charge in [0, 0.05) is 26.7 Å². The van der Waals surface area contributed by atoms with Crippen molar-refractivity contribution < 1.29 is 4.74 Å². The van der Waals surface area contributed by atoms with Crippen LogP contribution in [0.15, 0.2) is 0 Å². The summed E-state index contributed by atoms with van der Waals surface area (Å²) in [5.74, 6) is 0.785. The first-order valence-electron chi connectivity index (χ1n) is 6.21. The van der Waals surface area contributed by atoms with Crippen molar-refractivity contribution in [1.29, 1.82) is 0 Å². The monoisotopic (exact) mass is 214 g/mol. The summed E-state index contributed by atoms with van der Waals surface area (Å²) in [6, 6.07) is 0. The fraction of sp³-hybridized carbons (Fsp3) is 1.00. The Hall–Kier alpha value is -0.120. The molecule has 1 rings (SSSR count). The Bertz CT molecular complexity index is 156. The van der Waals surface area contributed by atoms with Gasteiger partial charge >= 0.3 is 0 Å². The van der Waals surface area contributed by atoms with E-state index >= 15 is 0 Å². The first-order valence-corrected chi connectivity index (χ1v) is 6.21. The van der Waals surface area contributed by atoms with Crippen LogP contribution in [-0.2, 0) is 4.74 Å². The van der Waals surface area contributed by atoms with Gasteiger partial charge in [-0.1, -0.05) is 6.92 Å². The molecule has 0 aliphatic carbocycles. The molecule has 3 nitrogen and oxygen atoms in total. The van der Waals surface area contributed by atoms with Gasteiger partial charge in [-0.3, -0.25) is 0 Å². The third-order valence-corrected chi connectivity index (χ3v) is 3.34. The number of hydrogen-bond acceptors (Lipinski definition) is 3. The molecule has 1 saturated heterocycles. The molecule has 0 aromatic carbocycles. The summed E-state index contributed by atoms with van der Waals surface area (Å²) in [4.78, 5) is 2.57. The molecule has 1 heterocycles. The van der Waals surface area contributed by atoms with Gasteiger partial charge in [0.15, 0.2) is 0 Å². The van der Waals surface area contributed by atoms with Crippen molar-refractivity contribution in [1.82, 2.24) is 4.90 Å². The maximum Gasteiger partial charge on any atom is 0.0595 e. The molecular weight excluding hydrogens is 188 g/mol. The third kappa shape index (κ3) is 4.96. The van der Waals surface area contributed by atoms with Crippen LogP contribution in [0.3, 0.4) is 0 Å². The van der Waals surface area contributed by atoms with Crippen molar-refractivity contribution in [2.45, 2.75) is 38.7 Å². The largest absolute Gasteiger partial charge is 0.381 e. The van der Waals surface area contributed by atoms with Crippen LogP contribution in [-0.4, -0.2) is 44.3 Å². The summed E-state index contributed by atoms with van der Waals surface area (Å²) in [6.45, 7) is 6.79. The lowest BCUT2D eigenvalue weighted by Crippen LogP contribution is -2.39. The molecular formula is C12H26N2O. The van der Waals surface area contributed by atoms with Crippen LogP contribution >= 0.6 is 0 Å². The number of nitrogens with two attached hydrogens (primary N) is 1. The zero-order valence-corrected chi connectivity index (χ0v) is 10.2. The number of hydrogen-bond donors (Lipinski definition) is 1. The van der Waals surface area contributed by atoms with E-state index in [-0.39, 0.29) is 0 Å². The van der Waals surface area contributed by atoms with Gasteiger partial charge in [0.1, 0.15) is 0 Å². The highest BCUT2D eigenvalue weighted by atomic mass is 16.5. The zero-order valence-electron chi connectivity index (χ0n) is 10.2. The molecule has 1 fully saturated rings. The average Bonchev–Trinajstić information content (AvgIpc) is 2.27. The van der Waals surface area contributed by atoms with E-state index in [4.69, 9.17) is 10.5 Å². The smallest absolute Gasteiger partial charge is 0.0595 e. The third-order valence-electron chi connectivity index (χ3n) is 3.34. The van der Waals surface area contributed by atoms with Crippen molar-refractivity contribution in [2.24, 2.45) is 11.7 Å². The van der Waals surface area contributed by atoms with Crippen molar-refractivity contribution in [3.8, 4) is 0 Å². The summed E-state index contributed by atoms with van der Waals surface area (Å²) in [5, 5.41) is 0. The van der Waals surface area contributed by atoms with E-state index in [2.05, 4.69) is 11.8 Å². The minimum absolute atomic E-state index is 0.501. The van der Waals surface area contributed by atoms with Gasteiger partial charge in [-0.15, -0.1) is 0 Å². The number of rotatable bonds is 6. The normalized spacial score (nSPS) is 21.8. The second-order valence-corrected chi connectivity index (χ2v) is 4.77. The Morgan fingerprint density at radius 2 is 2.07 bits per heavy atom. The Balaban J connectivity index is 2.12. The minimum atomic E-state index is 0.501. The van der Waals surface area contributed by atoms with Gasteiger partial charge in [-0.05, 0) is 38.1 Å². The molecule has 3 heteroatoms. The lowest BCUT2D eigenvalue weighted by molar-refractivity contribution is 0.0369. The van der Waals surface area contributed by atoms with Gasteiger partial charge in [-0.25, -0.2) is 0 Å². The number of likely N-dealkylation sites (tertiary alicyclic amines) is 1. The van der Waals surface area contributed by atoms with Gasteiger partial charge in [0.05, 0.1) is 6.10 Å². The number of ether oxygens (including phenoxy) is 1. The molecule has 0 aromatic rings. The lowest BCUT2D eigenvalue weighted by Gasteiger charge is -2.32. The van der Waals surface area contributed by atoms with Crippen LogP contribution in [0.25, 0.3) is 0 Å². The molecule has 1 aliphatic heterocycles.